The van der Waals surface area contributed by atoms with Gasteiger partial charge in [0.2, 0.25) is 0 Å². The number of rotatable bonds is 3. The predicted octanol–water partition coefficient (Wildman–Crippen LogP) is 5.40. The van der Waals surface area contributed by atoms with E-state index in [0.29, 0.717) is 12.0 Å². The molecule has 0 spiro atoms. The molecule has 108 valence electrons. The Morgan fingerprint density at radius 3 is 2.43 bits per heavy atom. The molecule has 2 heteroatoms. The zero-order valence-corrected chi connectivity index (χ0v) is 12.1. The van der Waals surface area contributed by atoms with E-state index in [1.807, 2.05) is 6.08 Å². The van der Waals surface area contributed by atoms with Crippen LogP contribution in [0.15, 0.2) is 36.4 Å². The maximum absolute atomic E-state index is 13.7. The molecule has 0 fully saturated rings. The zero-order valence-electron chi connectivity index (χ0n) is 12.1. The summed E-state index contributed by atoms with van der Waals surface area (Å²) in [4.78, 5) is 0. The van der Waals surface area contributed by atoms with Gasteiger partial charge in [-0.2, -0.15) is 0 Å². The molecule has 0 aliphatic heterocycles. The molecule has 1 aliphatic carbocycles. The lowest BCUT2D eigenvalue weighted by Gasteiger charge is -2.18. The van der Waals surface area contributed by atoms with Crippen molar-refractivity contribution in [3.05, 3.63) is 70.3 Å². The summed E-state index contributed by atoms with van der Waals surface area (Å²) >= 11 is 0. The van der Waals surface area contributed by atoms with Crippen molar-refractivity contribution in [2.75, 3.05) is 0 Å². The molecular formula is C19H18F2. The van der Waals surface area contributed by atoms with Crippen LogP contribution in [0.1, 0.15) is 42.0 Å². The van der Waals surface area contributed by atoms with Gasteiger partial charge in [-0.1, -0.05) is 49.8 Å². The van der Waals surface area contributed by atoms with Crippen LogP contribution in [0.4, 0.5) is 8.78 Å². The average molecular weight is 284 g/mol. The smallest absolute Gasteiger partial charge is 0.162 e. The van der Waals surface area contributed by atoms with Crippen molar-refractivity contribution in [2.24, 2.45) is 0 Å². The first kappa shape index (κ1) is 14.0. The Hall–Kier alpha value is -1.96. The third-order valence-corrected chi connectivity index (χ3v) is 4.07. The minimum Gasteiger partial charge on any atom is -0.204 e. The van der Waals surface area contributed by atoms with E-state index in [0.717, 1.165) is 24.8 Å². The quantitative estimate of drug-likeness (QED) is 0.707. The molecule has 0 heterocycles. The molecule has 0 unspecified atom stereocenters. The fourth-order valence-electron chi connectivity index (χ4n) is 2.92. The monoisotopic (exact) mass is 284 g/mol. The molecule has 2 aromatic rings. The van der Waals surface area contributed by atoms with Crippen LogP contribution in [0.2, 0.25) is 0 Å². The van der Waals surface area contributed by atoms with E-state index in [4.69, 9.17) is 0 Å². The van der Waals surface area contributed by atoms with E-state index >= 15 is 0 Å². The van der Waals surface area contributed by atoms with Crippen LogP contribution in [0.5, 0.6) is 0 Å². The van der Waals surface area contributed by atoms with E-state index in [9.17, 15) is 8.78 Å². The molecule has 2 aromatic carbocycles. The van der Waals surface area contributed by atoms with E-state index in [1.54, 1.807) is 6.07 Å². The zero-order chi connectivity index (χ0) is 14.8. The Morgan fingerprint density at radius 1 is 0.952 bits per heavy atom. The van der Waals surface area contributed by atoms with Crippen LogP contribution in [0.25, 0.3) is 11.6 Å². The largest absolute Gasteiger partial charge is 0.204 e. The number of benzene rings is 2. The van der Waals surface area contributed by atoms with E-state index < -0.39 is 11.6 Å². The Kier molecular flexibility index (Phi) is 3.87. The van der Waals surface area contributed by atoms with Crippen molar-refractivity contribution >= 4 is 11.6 Å². The number of aryl methyl sites for hydroxylation is 1. The van der Waals surface area contributed by atoms with Crippen molar-refractivity contribution in [3.63, 3.8) is 0 Å². The van der Waals surface area contributed by atoms with Gasteiger partial charge >= 0.3 is 0 Å². The van der Waals surface area contributed by atoms with Gasteiger partial charge < -0.3 is 0 Å². The second kappa shape index (κ2) is 5.80. The molecule has 0 atom stereocenters. The summed E-state index contributed by atoms with van der Waals surface area (Å²) in [6.45, 7) is 2.17. The summed E-state index contributed by atoms with van der Waals surface area (Å²) in [6, 6.07) is 11.4. The first-order valence-corrected chi connectivity index (χ1v) is 7.46. The van der Waals surface area contributed by atoms with Gasteiger partial charge in [-0.25, -0.2) is 8.78 Å². The average Bonchev–Trinajstić information content (AvgIpc) is 2.52. The summed E-state index contributed by atoms with van der Waals surface area (Å²) in [5.41, 5.74) is 5.00. The number of halogens is 2. The Labute approximate surface area is 124 Å². The molecule has 0 amide bonds. The molecule has 21 heavy (non-hydrogen) atoms. The van der Waals surface area contributed by atoms with Crippen LogP contribution in [0, 0.1) is 11.6 Å². The molecule has 0 radical (unpaired) electrons. The van der Waals surface area contributed by atoms with Gasteiger partial charge in [-0.3, -0.25) is 0 Å². The summed E-state index contributed by atoms with van der Waals surface area (Å²) in [7, 11) is 0. The summed E-state index contributed by atoms with van der Waals surface area (Å²) in [5.74, 6) is -1.45. The third kappa shape index (κ3) is 2.76. The second-order valence-electron chi connectivity index (χ2n) is 5.55. The fraction of sp³-hybridized carbons (Fsp3) is 0.263. The highest BCUT2D eigenvalue weighted by atomic mass is 19.2. The molecule has 0 saturated heterocycles. The first-order valence-electron chi connectivity index (χ1n) is 7.46. The Balaban J connectivity index is 1.93. The molecule has 3 rings (SSSR count). The minimum atomic E-state index is -0.755. The number of allylic oxidation sites excluding steroid dienone is 1. The third-order valence-electron chi connectivity index (χ3n) is 4.07. The lowest BCUT2D eigenvalue weighted by atomic mass is 9.88. The van der Waals surface area contributed by atoms with Crippen LogP contribution in [-0.2, 0) is 12.8 Å². The first-order chi connectivity index (χ1) is 10.2. The molecule has 0 N–H and O–H groups in total. The molecule has 0 saturated carbocycles. The highest BCUT2D eigenvalue weighted by molar-refractivity contribution is 5.84. The van der Waals surface area contributed by atoms with Crippen molar-refractivity contribution in [2.45, 2.75) is 32.6 Å². The van der Waals surface area contributed by atoms with Gasteiger partial charge in [0, 0.05) is 0 Å². The van der Waals surface area contributed by atoms with Gasteiger partial charge in [-0.05, 0) is 53.2 Å². The summed E-state index contributed by atoms with van der Waals surface area (Å²) in [6.07, 6.45) is 5.52. The standard InChI is InChI=1S/C19H18F2/c1-2-3-13-4-6-14(7-5-13)15-8-10-17-16(12-15)9-11-18(20)19(17)21/h4-7,9,11-12H,2-3,8,10H2,1H3. The maximum atomic E-state index is 13.7. The minimum absolute atomic E-state index is 0.501. The highest BCUT2D eigenvalue weighted by Gasteiger charge is 2.17. The normalized spacial score (nSPS) is 13.8. The topological polar surface area (TPSA) is 0 Å². The highest BCUT2D eigenvalue weighted by Crippen LogP contribution is 2.32. The molecular weight excluding hydrogens is 266 g/mol. The van der Waals surface area contributed by atoms with Crippen LogP contribution in [0.3, 0.4) is 0 Å². The van der Waals surface area contributed by atoms with Crippen LogP contribution < -0.4 is 0 Å². The number of fused-ring (bicyclic) bond motifs is 1. The summed E-state index contributed by atoms with van der Waals surface area (Å²) < 4.78 is 27.0. The van der Waals surface area contributed by atoms with Gasteiger partial charge in [0.05, 0.1) is 0 Å². The van der Waals surface area contributed by atoms with Gasteiger partial charge in [0.15, 0.2) is 11.6 Å². The van der Waals surface area contributed by atoms with Crippen molar-refractivity contribution < 1.29 is 8.78 Å². The molecule has 1 aliphatic rings. The number of hydrogen-bond acceptors (Lipinski definition) is 0. The molecule has 0 bridgehead atoms. The van der Waals surface area contributed by atoms with Crippen molar-refractivity contribution in [1.29, 1.82) is 0 Å². The van der Waals surface area contributed by atoms with E-state index in [2.05, 4.69) is 31.2 Å². The SMILES string of the molecule is CCCc1ccc(C2=Cc3ccc(F)c(F)c3CC2)cc1. The van der Waals surface area contributed by atoms with Crippen LogP contribution in [-0.4, -0.2) is 0 Å². The number of hydrogen-bond donors (Lipinski definition) is 0. The van der Waals surface area contributed by atoms with Crippen LogP contribution >= 0.6 is 0 Å². The lowest BCUT2D eigenvalue weighted by Crippen LogP contribution is -2.04. The lowest BCUT2D eigenvalue weighted by molar-refractivity contribution is 0.498. The summed E-state index contributed by atoms with van der Waals surface area (Å²) in [5, 5.41) is 0. The molecule has 0 nitrogen and oxygen atoms in total. The van der Waals surface area contributed by atoms with E-state index in [1.165, 1.54) is 22.8 Å². The van der Waals surface area contributed by atoms with Gasteiger partial charge in [0.25, 0.3) is 0 Å². The molecule has 0 aromatic heterocycles. The Bertz CT molecular complexity index is 681. The fourth-order valence-corrected chi connectivity index (χ4v) is 2.92. The predicted molar refractivity (Wildman–Crippen MR) is 83.0 cm³/mol. The Morgan fingerprint density at radius 2 is 1.71 bits per heavy atom. The van der Waals surface area contributed by atoms with E-state index in [-0.39, 0.29) is 0 Å². The maximum Gasteiger partial charge on any atom is 0.162 e. The van der Waals surface area contributed by atoms with Crippen molar-refractivity contribution in [3.8, 4) is 0 Å². The van der Waals surface area contributed by atoms with Gasteiger partial charge in [0.1, 0.15) is 0 Å². The second-order valence-corrected chi connectivity index (χ2v) is 5.55. The van der Waals surface area contributed by atoms with Gasteiger partial charge in [-0.15, -0.1) is 0 Å². The van der Waals surface area contributed by atoms with Crippen molar-refractivity contribution in [1.82, 2.24) is 0 Å².